The van der Waals surface area contributed by atoms with Gasteiger partial charge in [-0.05, 0) is 31.5 Å². The number of fused-ring (bicyclic) bond motifs is 1. The van der Waals surface area contributed by atoms with E-state index in [1.807, 2.05) is 6.92 Å². The van der Waals surface area contributed by atoms with Crippen molar-refractivity contribution < 1.29 is 4.74 Å². The van der Waals surface area contributed by atoms with Crippen LogP contribution in [-0.4, -0.2) is 24.6 Å². The maximum atomic E-state index is 5.67. The summed E-state index contributed by atoms with van der Waals surface area (Å²) in [6, 6.07) is 6.41. The molecule has 0 unspecified atom stereocenters. The van der Waals surface area contributed by atoms with E-state index >= 15 is 0 Å². The summed E-state index contributed by atoms with van der Waals surface area (Å²) in [5, 5.41) is 0. The Morgan fingerprint density at radius 2 is 2.20 bits per heavy atom. The average molecular weight is 205 g/mol. The summed E-state index contributed by atoms with van der Waals surface area (Å²) in [5.74, 6) is 1.08. The Hall–Kier alpha value is -1.02. The number of rotatable bonds is 3. The molecule has 0 bridgehead atoms. The van der Waals surface area contributed by atoms with Crippen LogP contribution < -0.4 is 4.74 Å². The first-order valence-electron chi connectivity index (χ1n) is 5.81. The van der Waals surface area contributed by atoms with Crippen LogP contribution in [0.5, 0.6) is 5.75 Å². The van der Waals surface area contributed by atoms with E-state index in [2.05, 4.69) is 30.0 Å². The Morgan fingerprint density at radius 1 is 1.33 bits per heavy atom. The van der Waals surface area contributed by atoms with Crippen LogP contribution >= 0.6 is 0 Å². The molecule has 0 aromatic heterocycles. The number of likely N-dealkylation sites (N-methyl/N-ethyl adjacent to an activating group) is 1. The van der Waals surface area contributed by atoms with E-state index < -0.39 is 0 Å². The molecule has 2 heteroatoms. The van der Waals surface area contributed by atoms with Crippen LogP contribution in [0, 0.1) is 0 Å². The molecule has 82 valence electrons. The second-order valence-corrected chi connectivity index (χ2v) is 3.95. The molecule has 1 aliphatic rings. The van der Waals surface area contributed by atoms with Crippen molar-refractivity contribution in [3.63, 3.8) is 0 Å². The molecule has 0 aliphatic carbocycles. The summed E-state index contributed by atoms with van der Waals surface area (Å²) >= 11 is 0. The molecular weight excluding hydrogens is 186 g/mol. The first-order chi connectivity index (χ1) is 7.35. The summed E-state index contributed by atoms with van der Waals surface area (Å²) in [5.41, 5.74) is 2.86. The van der Waals surface area contributed by atoms with Crippen LogP contribution in [-0.2, 0) is 13.0 Å². The SMILES string of the molecule is CCOc1cccc2c1CN(CC)CC2. The fraction of sp³-hybridized carbons (Fsp3) is 0.538. The van der Waals surface area contributed by atoms with Gasteiger partial charge in [0.25, 0.3) is 0 Å². The van der Waals surface area contributed by atoms with Crippen molar-refractivity contribution in [2.75, 3.05) is 19.7 Å². The van der Waals surface area contributed by atoms with Gasteiger partial charge in [-0.3, -0.25) is 4.90 Å². The third kappa shape index (κ3) is 2.15. The maximum Gasteiger partial charge on any atom is 0.124 e. The second kappa shape index (κ2) is 4.67. The molecule has 0 spiro atoms. The van der Waals surface area contributed by atoms with Crippen LogP contribution in [0.4, 0.5) is 0 Å². The number of benzene rings is 1. The van der Waals surface area contributed by atoms with E-state index in [-0.39, 0.29) is 0 Å². The monoisotopic (exact) mass is 205 g/mol. The Kier molecular flexibility index (Phi) is 3.27. The van der Waals surface area contributed by atoms with Crippen molar-refractivity contribution in [2.45, 2.75) is 26.8 Å². The maximum absolute atomic E-state index is 5.67. The van der Waals surface area contributed by atoms with Gasteiger partial charge in [0.05, 0.1) is 6.61 Å². The van der Waals surface area contributed by atoms with E-state index in [1.54, 1.807) is 0 Å². The second-order valence-electron chi connectivity index (χ2n) is 3.95. The van der Waals surface area contributed by atoms with E-state index in [0.717, 1.165) is 31.9 Å². The van der Waals surface area contributed by atoms with Crippen molar-refractivity contribution >= 4 is 0 Å². The zero-order chi connectivity index (χ0) is 10.7. The fourth-order valence-electron chi connectivity index (χ4n) is 2.17. The molecule has 0 fully saturated rings. The third-order valence-electron chi connectivity index (χ3n) is 3.06. The van der Waals surface area contributed by atoms with E-state index in [0.29, 0.717) is 0 Å². The largest absolute Gasteiger partial charge is 0.494 e. The van der Waals surface area contributed by atoms with Crippen LogP contribution in [0.1, 0.15) is 25.0 Å². The van der Waals surface area contributed by atoms with Gasteiger partial charge in [0, 0.05) is 18.7 Å². The molecule has 0 saturated heterocycles. The van der Waals surface area contributed by atoms with Crippen LogP contribution in [0.25, 0.3) is 0 Å². The molecule has 0 amide bonds. The molecule has 0 saturated carbocycles. The first-order valence-corrected chi connectivity index (χ1v) is 5.81. The highest BCUT2D eigenvalue weighted by Crippen LogP contribution is 2.27. The minimum absolute atomic E-state index is 0.753. The van der Waals surface area contributed by atoms with Gasteiger partial charge in [-0.2, -0.15) is 0 Å². The van der Waals surface area contributed by atoms with E-state index in [9.17, 15) is 0 Å². The lowest BCUT2D eigenvalue weighted by Crippen LogP contribution is -2.30. The lowest BCUT2D eigenvalue weighted by molar-refractivity contribution is 0.256. The zero-order valence-electron chi connectivity index (χ0n) is 9.62. The quantitative estimate of drug-likeness (QED) is 0.751. The van der Waals surface area contributed by atoms with Crippen LogP contribution in [0.15, 0.2) is 18.2 Å². The molecular formula is C13H19NO. The van der Waals surface area contributed by atoms with Gasteiger partial charge >= 0.3 is 0 Å². The van der Waals surface area contributed by atoms with Gasteiger partial charge in [-0.1, -0.05) is 19.1 Å². The number of ether oxygens (including phenoxy) is 1. The summed E-state index contributed by atoms with van der Waals surface area (Å²) in [6.45, 7) is 8.36. The van der Waals surface area contributed by atoms with Crippen molar-refractivity contribution in [1.29, 1.82) is 0 Å². The number of hydrogen-bond acceptors (Lipinski definition) is 2. The van der Waals surface area contributed by atoms with Crippen LogP contribution in [0.3, 0.4) is 0 Å². The van der Waals surface area contributed by atoms with Gasteiger partial charge in [0.2, 0.25) is 0 Å². The van der Waals surface area contributed by atoms with Gasteiger partial charge < -0.3 is 4.74 Å². The van der Waals surface area contributed by atoms with Gasteiger partial charge in [-0.15, -0.1) is 0 Å². The number of nitrogens with zero attached hydrogens (tertiary/aromatic N) is 1. The smallest absolute Gasteiger partial charge is 0.124 e. The molecule has 1 aliphatic heterocycles. The normalized spacial score (nSPS) is 16.1. The van der Waals surface area contributed by atoms with Gasteiger partial charge in [-0.25, -0.2) is 0 Å². The Labute approximate surface area is 91.9 Å². The highest BCUT2D eigenvalue weighted by atomic mass is 16.5. The highest BCUT2D eigenvalue weighted by Gasteiger charge is 2.17. The Bertz CT molecular complexity index is 335. The third-order valence-corrected chi connectivity index (χ3v) is 3.06. The minimum Gasteiger partial charge on any atom is -0.494 e. The van der Waals surface area contributed by atoms with Gasteiger partial charge in [0.1, 0.15) is 5.75 Å². The van der Waals surface area contributed by atoms with Crippen molar-refractivity contribution in [3.8, 4) is 5.75 Å². The van der Waals surface area contributed by atoms with Crippen molar-refractivity contribution in [2.24, 2.45) is 0 Å². The summed E-state index contributed by atoms with van der Waals surface area (Å²) in [6.07, 6.45) is 1.16. The molecule has 1 aromatic carbocycles. The van der Waals surface area contributed by atoms with Gasteiger partial charge in [0.15, 0.2) is 0 Å². The zero-order valence-corrected chi connectivity index (χ0v) is 9.62. The van der Waals surface area contributed by atoms with E-state index in [1.165, 1.54) is 17.7 Å². The fourth-order valence-corrected chi connectivity index (χ4v) is 2.17. The van der Waals surface area contributed by atoms with Crippen molar-refractivity contribution in [3.05, 3.63) is 29.3 Å². The Balaban J connectivity index is 2.28. The average Bonchev–Trinajstić information content (AvgIpc) is 2.29. The molecule has 1 heterocycles. The van der Waals surface area contributed by atoms with Crippen molar-refractivity contribution in [1.82, 2.24) is 4.90 Å². The summed E-state index contributed by atoms with van der Waals surface area (Å²) < 4.78 is 5.67. The molecule has 15 heavy (non-hydrogen) atoms. The van der Waals surface area contributed by atoms with Crippen LogP contribution in [0.2, 0.25) is 0 Å². The molecule has 1 aromatic rings. The first kappa shape index (κ1) is 10.5. The molecule has 2 rings (SSSR count). The number of hydrogen-bond donors (Lipinski definition) is 0. The molecule has 0 N–H and O–H groups in total. The Morgan fingerprint density at radius 3 is 2.93 bits per heavy atom. The summed E-state index contributed by atoms with van der Waals surface area (Å²) in [7, 11) is 0. The standard InChI is InChI=1S/C13H19NO/c1-3-14-9-8-11-6-5-7-13(15-4-2)12(11)10-14/h5-7H,3-4,8-10H2,1-2H3. The predicted octanol–water partition coefficient (Wildman–Crippen LogP) is 2.46. The molecule has 0 radical (unpaired) electrons. The van der Waals surface area contributed by atoms with E-state index in [4.69, 9.17) is 4.74 Å². The molecule has 2 nitrogen and oxygen atoms in total. The minimum atomic E-state index is 0.753. The topological polar surface area (TPSA) is 12.5 Å². The molecule has 0 atom stereocenters. The predicted molar refractivity (Wildman–Crippen MR) is 62.3 cm³/mol. The lowest BCUT2D eigenvalue weighted by Gasteiger charge is -2.28. The summed E-state index contributed by atoms with van der Waals surface area (Å²) in [4.78, 5) is 2.46. The lowest BCUT2D eigenvalue weighted by atomic mass is 9.99. The highest BCUT2D eigenvalue weighted by molar-refractivity contribution is 5.41.